The Morgan fingerprint density at radius 2 is 1.83 bits per heavy atom. The number of aromatic nitrogens is 2. The van der Waals surface area contributed by atoms with Crippen LogP contribution in [0.5, 0.6) is 0 Å². The van der Waals surface area contributed by atoms with Crippen LogP contribution in [0.25, 0.3) is 11.3 Å². The van der Waals surface area contributed by atoms with Gasteiger partial charge < -0.3 is 0 Å². The van der Waals surface area contributed by atoms with Gasteiger partial charge in [0.15, 0.2) is 0 Å². The maximum absolute atomic E-state index is 13.2. The van der Waals surface area contributed by atoms with Crippen molar-refractivity contribution in [2.24, 2.45) is 5.10 Å². The lowest BCUT2D eigenvalue weighted by molar-refractivity contribution is 0.285. The molecule has 1 heterocycles. The molecule has 0 bridgehead atoms. The van der Waals surface area contributed by atoms with Crippen LogP contribution in [0.1, 0.15) is 48.8 Å². The second kappa shape index (κ2) is 7.73. The van der Waals surface area contributed by atoms with Gasteiger partial charge in [-0.3, -0.25) is 9.78 Å². The molecule has 0 saturated heterocycles. The van der Waals surface area contributed by atoms with E-state index >= 15 is 0 Å². The molecule has 2 aromatic carbocycles. The fourth-order valence-electron chi connectivity index (χ4n) is 4.94. The summed E-state index contributed by atoms with van der Waals surface area (Å²) in [5.74, 6) is 0.353. The Kier molecular flexibility index (Phi) is 4.91. The average Bonchev–Trinajstić information content (AvgIpc) is 2.75. The summed E-state index contributed by atoms with van der Waals surface area (Å²) in [4.78, 5) is 21.0. The maximum atomic E-state index is 13.2. The van der Waals surface area contributed by atoms with Crippen molar-refractivity contribution in [1.29, 1.82) is 0 Å². The summed E-state index contributed by atoms with van der Waals surface area (Å²) >= 11 is 5.92. The monoisotopic (exact) mass is 418 g/mol. The summed E-state index contributed by atoms with van der Waals surface area (Å²) < 4.78 is 0. The van der Waals surface area contributed by atoms with Crippen LogP contribution in [0.3, 0.4) is 0 Å². The van der Waals surface area contributed by atoms with Gasteiger partial charge >= 0.3 is 0 Å². The SMILES string of the molecule is O=c1[nH]c(NN=Cc2ccc(Cl)cc2)nc2c1C1(CCCCC1)Cc1ccccc1-2. The van der Waals surface area contributed by atoms with Crippen LogP contribution in [0, 0.1) is 0 Å². The molecule has 30 heavy (non-hydrogen) atoms. The van der Waals surface area contributed by atoms with Crippen LogP contribution < -0.4 is 11.0 Å². The predicted octanol–water partition coefficient (Wildman–Crippen LogP) is 5.29. The van der Waals surface area contributed by atoms with Crippen LogP contribution in [0.4, 0.5) is 5.95 Å². The Bertz CT molecular complexity index is 1160. The molecule has 6 heteroatoms. The topological polar surface area (TPSA) is 70.1 Å². The minimum absolute atomic E-state index is 0.0550. The van der Waals surface area contributed by atoms with Crippen molar-refractivity contribution in [3.05, 3.63) is 80.6 Å². The van der Waals surface area contributed by atoms with Gasteiger partial charge in [0.1, 0.15) is 0 Å². The number of hydrogen-bond donors (Lipinski definition) is 2. The van der Waals surface area contributed by atoms with Crippen molar-refractivity contribution < 1.29 is 0 Å². The molecule has 1 aromatic heterocycles. The number of hydrazone groups is 1. The van der Waals surface area contributed by atoms with Gasteiger partial charge in [0, 0.05) is 16.0 Å². The summed E-state index contributed by atoms with van der Waals surface area (Å²) in [7, 11) is 0. The van der Waals surface area contributed by atoms with Crippen LogP contribution >= 0.6 is 11.6 Å². The standard InChI is InChI=1S/C24H23ClN4O/c25-18-10-8-16(9-11-18)15-26-29-23-27-21-19-7-3-2-6-17(19)14-24(12-4-1-5-13-24)20(21)22(30)28-23/h2-3,6-11,15H,1,4-5,12-14H2,(H2,27,28,29,30). The van der Waals surface area contributed by atoms with E-state index in [4.69, 9.17) is 16.6 Å². The van der Waals surface area contributed by atoms with Gasteiger partial charge in [-0.1, -0.05) is 67.3 Å². The molecule has 0 amide bonds. The molecule has 2 aliphatic carbocycles. The van der Waals surface area contributed by atoms with E-state index in [0.29, 0.717) is 11.0 Å². The molecule has 0 aliphatic heterocycles. The van der Waals surface area contributed by atoms with Crippen molar-refractivity contribution in [3.8, 4) is 11.3 Å². The molecule has 3 aromatic rings. The zero-order chi connectivity index (χ0) is 20.6. The summed E-state index contributed by atoms with van der Waals surface area (Å²) in [6, 6.07) is 15.7. The Hall–Kier alpha value is -2.92. The number of nitrogens with one attached hydrogen (secondary N) is 2. The molecule has 0 radical (unpaired) electrons. The Morgan fingerprint density at radius 1 is 1.07 bits per heavy atom. The van der Waals surface area contributed by atoms with Crippen molar-refractivity contribution in [3.63, 3.8) is 0 Å². The first-order chi connectivity index (χ1) is 14.6. The minimum atomic E-state index is -0.104. The number of benzene rings is 2. The fourth-order valence-corrected chi connectivity index (χ4v) is 5.07. The van der Waals surface area contributed by atoms with Gasteiger partial charge in [0.05, 0.1) is 17.5 Å². The molecular weight excluding hydrogens is 396 g/mol. The van der Waals surface area contributed by atoms with Crippen molar-refractivity contribution in [1.82, 2.24) is 9.97 Å². The van der Waals surface area contributed by atoms with Gasteiger partial charge in [0.25, 0.3) is 5.56 Å². The molecule has 0 atom stereocenters. The zero-order valence-corrected chi connectivity index (χ0v) is 17.4. The Balaban J connectivity index is 1.53. The minimum Gasteiger partial charge on any atom is -0.291 e. The largest absolute Gasteiger partial charge is 0.291 e. The molecule has 1 spiro atoms. The lowest BCUT2D eigenvalue weighted by atomic mass is 9.62. The van der Waals surface area contributed by atoms with E-state index < -0.39 is 0 Å². The first-order valence-electron chi connectivity index (χ1n) is 10.4. The molecule has 0 unspecified atom stereocenters. The van der Waals surface area contributed by atoms with Gasteiger partial charge in [-0.2, -0.15) is 5.10 Å². The fraction of sp³-hybridized carbons (Fsp3) is 0.292. The lowest BCUT2D eigenvalue weighted by Crippen LogP contribution is -2.40. The lowest BCUT2D eigenvalue weighted by Gasteiger charge is -2.41. The molecule has 2 N–H and O–H groups in total. The second-order valence-electron chi connectivity index (χ2n) is 8.23. The maximum Gasteiger partial charge on any atom is 0.256 e. The molecule has 2 aliphatic rings. The molecule has 1 saturated carbocycles. The van der Waals surface area contributed by atoms with Crippen molar-refractivity contribution in [2.75, 3.05) is 5.43 Å². The number of aromatic amines is 1. The van der Waals surface area contributed by atoms with E-state index in [1.807, 2.05) is 30.3 Å². The first-order valence-corrected chi connectivity index (χ1v) is 10.8. The normalized spacial score (nSPS) is 17.0. The molecule has 1 fully saturated rings. The van der Waals surface area contributed by atoms with Gasteiger partial charge in [-0.25, -0.2) is 10.4 Å². The van der Waals surface area contributed by atoms with Gasteiger partial charge in [0.2, 0.25) is 5.95 Å². The third-order valence-electron chi connectivity index (χ3n) is 6.32. The van der Waals surface area contributed by atoms with Gasteiger partial charge in [-0.05, 0) is 42.5 Å². The number of fused-ring (bicyclic) bond motifs is 4. The highest BCUT2D eigenvalue weighted by Gasteiger charge is 2.42. The summed E-state index contributed by atoms with van der Waals surface area (Å²) in [5, 5.41) is 4.92. The third kappa shape index (κ3) is 3.43. The van der Waals surface area contributed by atoms with Crippen LogP contribution in [-0.2, 0) is 11.8 Å². The number of nitrogens with zero attached hydrogens (tertiary/aromatic N) is 2. The van der Waals surface area contributed by atoms with Gasteiger partial charge in [-0.15, -0.1) is 0 Å². The molecule has 5 nitrogen and oxygen atoms in total. The summed E-state index contributed by atoms with van der Waals surface area (Å²) in [5.41, 5.74) is 7.62. The number of hydrogen-bond acceptors (Lipinski definition) is 4. The Labute approximate surface area is 180 Å². The third-order valence-corrected chi connectivity index (χ3v) is 6.57. The highest BCUT2D eigenvalue weighted by molar-refractivity contribution is 6.30. The highest BCUT2D eigenvalue weighted by Crippen LogP contribution is 2.48. The smallest absolute Gasteiger partial charge is 0.256 e. The highest BCUT2D eigenvalue weighted by atomic mass is 35.5. The van der Waals surface area contributed by atoms with E-state index in [1.54, 1.807) is 6.21 Å². The van der Waals surface area contributed by atoms with Crippen LogP contribution in [0.2, 0.25) is 5.02 Å². The number of rotatable bonds is 3. The average molecular weight is 419 g/mol. The van der Waals surface area contributed by atoms with E-state index in [-0.39, 0.29) is 11.0 Å². The molecular formula is C24H23ClN4O. The summed E-state index contributed by atoms with van der Waals surface area (Å²) in [6.07, 6.45) is 8.23. The Morgan fingerprint density at radius 3 is 2.63 bits per heavy atom. The quantitative estimate of drug-likeness (QED) is 0.448. The van der Waals surface area contributed by atoms with E-state index in [0.717, 1.165) is 54.5 Å². The number of anilines is 1. The van der Waals surface area contributed by atoms with Crippen molar-refractivity contribution in [2.45, 2.75) is 43.9 Å². The van der Waals surface area contributed by atoms with E-state index in [2.05, 4.69) is 33.7 Å². The first kappa shape index (κ1) is 19.1. The molecule has 5 rings (SSSR count). The molecule has 152 valence electrons. The second-order valence-corrected chi connectivity index (χ2v) is 8.67. The number of H-pyrrole nitrogens is 1. The van der Waals surface area contributed by atoms with Crippen LogP contribution in [0.15, 0.2) is 58.4 Å². The zero-order valence-electron chi connectivity index (χ0n) is 16.6. The predicted molar refractivity (Wildman–Crippen MR) is 121 cm³/mol. The van der Waals surface area contributed by atoms with Crippen molar-refractivity contribution >= 4 is 23.8 Å². The summed E-state index contributed by atoms with van der Waals surface area (Å²) in [6.45, 7) is 0. The van der Waals surface area contributed by atoms with E-state index in [1.165, 1.54) is 12.0 Å². The number of halogens is 1. The van der Waals surface area contributed by atoms with E-state index in [9.17, 15) is 4.79 Å². The van der Waals surface area contributed by atoms with Crippen LogP contribution in [-0.4, -0.2) is 16.2 Å².